The SMILES string of the molecule is COc1ccc(-c2nc(SC)[nH]c(=O)c2C#N)cc1OCc1cccc(Cl)c1. The molecule has 0 saturated heterocycles. The summed E-state index contributed by atoms with van der Waals surface area (Å²) in [6.07, 6.45) is 1.79. The zero-order chi connectivity index (χ0) is 20.1. The summed E-state index contributed by atoms with van der Waals surface area (Å²) in [6.45, 7) is 0.282. The number of ether oxygens (including phenoxy) is 2. The lowest BCUT2D eigenvalue weighted by Gasteiger charge is -2.13. The molecule has 0 bridgehead atoms. The summed E-state index contributed by atoms with van der Waals surface area (Å²) in [7, 11) is 1.54. The number of nitrogens with one attached hydrogen (secondary N) is 1. The summed E-state index contributed by atoms with van der Waals surface area (Å²) in [5.74, 6) is 0.996. The van der Waals surface area contributed by atoms with Crippen LogP contribution in [-0.4, -0.2) is 23.3 Å². The number of thioether (sulfide) groups is 1. The molecule has 0 fully saturated rings. The molecule has 0 aliphatic rings. The molecule has 3 aromatic rings. The first-order valence-electron chi connectivity index (χ1n) is 8.19. The van der Waals surface area contributed by atoms with E-state index in [9.17, 15) is 10.1 Å². The third kappa shape index (κ3) is 4.30. The van der Waals surface area contributed by atoms with Crippen molar-refractivity contribution in [2.45, 2.75) is 11.8 Å². The van der Waals surface area contributed by atoms with Crippen molar-refractivity contribution in [2.24, 2.45) is 0 Å². The van der Waals surface area contributed by atoms with Crippen LogP contribution in [0.5, 0.6) is 11.5 Å². The third-order valence-corrected chi connectivity index (χ3v) is 4.74. The molecule has 0 spiro atoms. The fourth-order valence-electron chi connectivity index (χ4n) is 2.59. The van der Waals surface area contributed by atoms with E-state index in [-0.39, 0.29) is 12.2 Å². The summed E-state index contributed by atoms with van der Waals surface area (Å²) in [5, 5.41) is 10.4. The number of hydrogen-bond donors (Lipinski definition) is 1. The van der Waals surface area contributed by atoms with Crippen LogP contribution in [0.3, 0.4) is 0 Å². The van der Waals surface area contributed by atoms with Crippen LogP contribution in [-0.2, 0) is 6.61 Å². The summed E-state index contributed by atoms with van der Waals surface area (Å²) < 4.78 is 11.3. The molecule has 142 valence electrons. The first-order chi connectivity index (χ1) is 13.5. The molecule has 1 heterocycles. The van der Waals surface area contributed by atoms with Crippen molar-refractivity contribution < 1.29 is 9.47 Å². The normalized spacial score (nSPS) is 10.4. The van der Waals surface area contributed by atoms with Crippen molar-refractivity contribution >= 4 is 23.4 Å². The molecule has 28 heavy (non-hydrogen) atoms. The molecule has 0 amide bonds. The van der Waals surface area contributed by atoms with Gasteiger partial charge in [0, 0.05) is 10.6 Å². The molecule has 8 heteroatoms. The molecule has 0 unspecified atom stereocenters. The Morgan fingerprint density at radius 3 is 2.75 bits per heavy atom. The Balaban J connectivity index is 2.01. The van der Waals surface area contributed by atoms with Gasteiger partial charge in [-0.3, -0.25) is 4.79 Å². The van der Waals surface area contributed by atoms with Crippen LogP contribution in [0.2, 0.25) is 5.02 Å². The minimum atomic E-state index is -0.478. The Labute approximate surface area is 171 Å². The van der Waals surface area contributed by atoms with Gasteiger partial charge in [0.2, 0.25) is 0 Å². The number of rotatable bonds is 6. The summed E-state index contributed by atoms with van der Waals surface area (Å²) in [6, 6.07) is 14.4. The van der Waals surface area contributed by atoms with Gasteiger partial charge in [0.1, 0.15) is 18.2 Å². The highest BCUT2D eigenvalue weighted by molar-refractivity contribution is 7.98. The van der Waals surface area contributed by atoms with Gasteiger partial charge in [0.05, 0.1) is 12.8 Å². The summed E-state index contributed by atoms with van der Waals surface area (Å²) in [4.78, 5) is 19.1. The van der Waals surface area contributed by atoms with Crippen LogP contribution in [0.1, 0.15) is 11.1 Å². The second-order valence-corrected chi connectivity index (χ2v) is 6.93. The number of benzene rings is 2. The Kier molecular flexibility index (Phi) is 6.24. The molecule has 0 aliphatic carbocycles. The van der Waals surface area contributed by atoms with E-state index in [2.05, 4.69) is 9.97 Å². The molecule has 6 nitrogen and oxygen atoms in total. The minimum absolute atomic E-state index is 0.0521. The number of hydrogen-bond acceptors (Lipinski definition) is 6. The lowest BCUT2D eigenvalue weighted by atomic mass is 10.1. The van der Waals surface area contributed by atoms with Crippen LogP contribution in [0.15, 0.2) is 52.4 Å². The van der Waals surface area contributed by atoms with E-state index in [1.54, 1.807) is 37.6 Å². The Hall–Kier alpha value is -2.95. The number of nitrogens with zero attached hydrogens (tertiary/aromatic N) is 2. The maximum absolute atomic E-state index is 12.2. The van der Waals surface area contributed by atoms with E-state index >= 15 is 0 Å². The largest absolute Gasteiger partial charge is 0.493 e. The van der Waals surface area contributed by atoms with Crippen LogP contribution in [0.25, 0.3) is 11.3 Å². The fourth-order valence-corrected chi connectivity index (χ4v) is 3.18. The predicted octanol–water partition coefficient (Wildman–Crippen LogP) is 4.27. The van der Waals surface area contributed by atoms with Crippen molar-refractivity contribution in [3.8, 4) is 28.8 Å². The smallest absolute Gasteiger partial charge is 0.270 e. The van der Waals surface area contributed by atoms with Crippen LogP contribution < -0.4 is 15.0 Å². The van der Waals surface area contributed by atoms with Crippen LogP contribution >= 0.6 is 23.4 Å². The number of H-pyrrole nitrogens is 1. The second-order valence-electron chi connectivity index (χ2n) is 5.69. The van der Waals surface area contributed by atoms with Gasteiger partial charge in [0.25, 0.3) is 5.56 Å². The van der Waals surface area contributed by atoms with E-state index in [0.717, 1.165) is 5.56 Å². The number of aromatic amines is 1. The van der Waals surface area contributed by atoms with Crippen molar-refractivity contribution in [3.63, 3.8) is 0 Å². The van der Waals surface area contributed by atoms with Gasteiger partial charge >= 0.3 is 0 Å². The topological polar surface area (TPSA) is 88.0 Å². The molecule has 0 saturated carbocycles. The van der Waals surface area contributed by atoms with Gasteiger partial charge in [-0.2, -0.15) is 5.26 Å². The Morgan fingerprint density at radius 1 is 1.25 bits per heavy atom. The molecule has 1 N–H and O–H groups in total. The van der Waals surface area contributed by atoms with Gasteiger partial charge in [0.15, 0.2) is 16.7 Å². The number of halogens is 1. The molecular formula is C20H16ClN3O3S. The average Bonchev–Trinajstić information content (AvgIpc) is 2.71. The molecule has 3 rings (SSSR count). The maximum atomic E-state index is 12.2. The predicted molar refractivity (Wildman–Crippen MR) is 109 cm³/mol. The number of nitriles is 1. The highest BCUT2D eigenvalue weighted by Gasteiger charge is 2.16. The lowest BCUT2D eigenvalue weighted by Crippen LogP contribution is -2.14. The van der Waals surface area contributed by atoms with Gasteiger partial charge in [-0.05, 0) is 42.2 Å². The molecule has 0 radical (unpaired) electrons. The quantitative estimate of drug-likeness (QED) is 0.479. The Morgan fingerprint density at radius 2 is 2.07 bits per heavy atom. The molecule has 1 aromatic heterocycles. The van der Waals surface area contributed by atoms with E-state index < -0.39 is 5.56 Å². The highest BCUT2D eigenvalue weighted by atomic mass is 35.5. The second kappa shape index (κ2) is 8.83. The Bertz CT molecular complexity index is 1110. The average molecular weight is 414 g/mol. The summed E-state index contributed by atoms with van der Waals surface area (Å²) >= 11 is 7.30. The minimum Gasteiger partial charge on any atom is -0.493 e. The van der Waals surface area contributed by atoms with E-state index in [1.807, 2.05) is 24.3 Å². The lowest BCUT2D eigenvalue weighted by molar-refractivity contribution is 0.284. The van der Waals surface area contributed by atoms with Gasteiger partial charge < -0.3 is 14.5 Å². The first-order valence-corrected chi connectivity index (χ1v) is 9.80. The third-order valence-electron chi connectivity index (χ3n) is 3.92. The standard InChI is InChI=1S/C20H16ClN3O3S/c1-26-16-7-6-13(18-15(10-22)19(25)24-20(23-18)28-2)9-17(16)27-11-12-4-3-5-14(21)8-12/h3-9H,11H2,1-2H3,(H,23,24,25). The highest BCUT2D eigenvalue weighted by Crippen LogP contribution is 2.33. The molecule has 2 aromatic carbocycles. The fraction of sp³-hybridized carbons (Fsp3) is 0.150. The molecule has 0 aliphatic heterocycles. The van der Waals surface area contributed by atoms with E-state index in [4.69, 9.17) is 21.1 Å². The van der Waals surface area contributed by atoms with Crippen LogP contribution in [0, 0.1) is 11.3 Å². The maximum Gasteiger partial charge on any atom is 0.270 e. The number of methoxy groups -OCH3 is 1. The van der Waals surface area contributed by atoms with Gasteiger partial charge in [-0.1, -0.05) is 35.5 Å². The number of aromatic nitrogens is 2. The van der Waals surface area contributed by atoms with Crippen molar-refractivity contribution in [2.75, 3.05) is 13.4 Å². The van der Waals surface area contributed by atoms with E-state index in [0.29, 0.717) is 32.9 Å². The van der Waals surface area contributed by atoms with Crippen molar-refractivity contribution in [3.05, 3.63) is 69.0 Å². The zero-order valence-electron chi connectivity index (χ0n) is 15.2. The van der Waals surface area contributed by atoms with E-state index in [1.165, 1.54) is 11.8 Å². The zero-order valence-corrected chi connectivity index (χ0v) is 16.7. The summed E-state index contributed by atoms with van der Waals surface area (Å²) in [5.41, 5.74) is 1.25. The monoisotopic (exact) mass is 413 g/mol. The van der Waals surface area contributed by atoms with Crippen molar-refractivity contribution in [1.29, 1.82) is 5.26 Å². The molecule has 0 atom stereocenters. The van der Waals surface area contributed by atoms with Crippen LogP contribution in [0.4, 0.5) is 0 Å². The van der Waals surface area contributed by atoms with Crippen molar-refractivity contribution in [1.82, 2.24) is 9.97 Å². The van der Waals surface area contributed by atoms with Gasteiger partial charge in [-0.15, -0.1) is 0 Å². The molecular weight excluding hydrogens is 398 g/mol. The van der Waals surface area contributed by atoms with Gasteiger partial charge in [-0.25, -0.2) is 4.98 Å². The first kappa shape index (κ1) is 19.8.